The summed E-state index contributed by atoms with van der Waals surface area (Å²) in [4.78, 5) is 28.4. The molecule has 0 aliphatic heterocycles. The molecule has 0 unspecified atom stereocenters. The Hall–Kier alpha value is -1.82. The molecule has 0 bridgehead atoms. The van der Waals surface area contributed by atoms with Crippen molar-refractivity contribution < 1.29 is 0 Å². The first-order valence-electron chi connectivity index (χ1n) is 6.59. The van der Waals surface area contributed by atoms with Crippen molar-refractivity contribution in [1.82, 2.24) is 18.2 Å². The minimum atomic E-state index is -0.544. The number of fused-ring (bicyclic) bond motifs is 1. The maximum Gasteiger partial charge on any atom is 0.347 e. The van der Waals surface area contributed by atoms with Crippen LogP contribution in [0.15, 0.2) is 28.6 Å². The third kappa shape index (κ3) is 2.43. The van der Waals surface area contributed by atoms with E-state index in [4.69, 9.17) is 11.8 Å². The van der Waals surface area contributed by atoms with Gasteiger partial charge in [-0.05, 0) is 6.42 Å². The molecule has 0 radical (unpaired) electrons. The normalized spacial score (nSPS) is 11.1. The zero-order chi connectivity index (χ0) is 14.7. The van der Waals surface area contributed by atoms with Crippen LogP contribution < -0.4 is 11.2 Å². The van der Waals surface area contributed by atoms with Gasteiger partial charge in [0, 0.05) is 24.9 Å². The van der Waals surface area contributed by atoms with Gasteiger partial charge in [0.2, 0.25) is 0 Å². The Morgan fingerprint density at radius 2 is 2.15 bits per heavy atom. The van der Waals surface area contributed by atoms with Crippen LogP contribution in [0.4, 0.5) is 0 Å². The number of nitrogens with zero attached hydrogens (tertiary/aromatic N) is 4. The highest BCUT2D eigenvalue weighted by Crippen LogP contribution is 2.08. The molecule has 0 aromatic carbocycles. The minimum Gasteiger partial charge on any atom is -0.321 e. The van der Waals surface area contributed by atoms with Gasteiger partial charge in [0.25, 0.3) is 5.56 Å². The molecule has 2 heterocycles. The van der Waals surface area contributed by atoms with Crippen LogP contribution in [0.3, 0.4) is 0 Å². The van der Waals surface area contributed by atoms with Gasteiger partial charge in [0.1, 0.15) is 0 Å². The number of imidazole rings is 1. The number of aryl methyl sites for hydroxylation is 1. The van der Waals surface area contributed by atoms with Crippen LogP contribution in [0.5, 0.6) is 0 Å². The van der Waals surface area contributed by atoms with Crippen molar-refractivity contribution in [1.29, 1.82) is 0 Å². The first-order valence-corrected chi connectivity index (χ1v) is 6.93. The highest BCUT2D eigenvalue weighted by Gasteiger charge is 2.16. The number of unbranched alkanes of at least 4 members (excludes halogenated alkanes) is 2. The fraction of sp³-hybridized carbons (Fsp3) is 0.462. The molecule has 0 aliphatic carbocycles. The van der Waals surface area contributed by atoms with Gasteiger partial charge in [0.15, 0.2) is 11.2 Å². The Bertz CT molecular complexity index is 741. The molecule has 0 N–H and O–H groups in total. The van der Waals surface area contributed by atoms with Gasteiger partial charge in [-0.15, -0.1) is 6.58 Å². The molecule has 0 spiro atoms. The molecular formula is C13H17ClN4O2. The Labute approximate surface area is 121 Å². The Kier molecular flexibility index (Phi) is 4.44. The fourth-order valence-electron chi connectivity index (χ4n) is 2.16. The molecule has 7 heteroatoms. The van der Waals surface area contributed by atoms with Crippen LogP contribution in [0, 0.1) is 0 Å². The summed E-state index contributed by atoms with van der Waals surface area (Å²) in [6.45, 7) is 6.66. The summed E-state index contributed by atoms with van der Waals surface area (Å²) in [5, 5.41) is 0. The third-order valence-corrected chi connectivity index (χ3v) is 3.46. The van der Waals surface area contributed by atoms with Crippen molar-refractivity contribution in [3.8, 4) is 0 Å². The fourth-order valence-corrected chi connectivity index (χ4v) is 2.33. The van der Waals surface area contributed by atoms with E-state index in [9.17, 15) is 9.59 Å². The Morgan fingerprint density at radius 1 is 1.40 bits per heavy atom. The molecule has 0 saturated carbocycles. The zero-order valence-electron chi connectivity index (χ0n) is 11.4. The Balaban J connectivity index is 2.65. The average molecular weight is 297 g/mol. The highest BCUT2D eigenvalue weighted by molar-refractivity contribution is 6.15. The van der Waals surface area contributed by atoms with Crippen molar-refractivity contribution in [2.24, 2.45) is 0 Å². The monoisotopic (exact) mass is 296 g/mol. The first kappa shape index (κ1) is 14.6. The predicted octanol–water partition coefficient (Wildman–Crippen LogP) is 1.74. The summed E-state index contributed by atoms with van der Waals surface area (Å²) in [5.41, 5.74) is -0.368. The molecule has 0 atom stereocenters. The van der Waals surface area contributed by atoms with Gasteiger partial charge in [0.05, 0.1) is 6.33 Å². The van der Waals surface area contributed by atoms with Crippen LogP contribution in [0.2, 0.25) is 0 Å². The Morgan fingerprint density at radius 3 is 2.80 bits per heavy atom. The molecular weight excluding hydrogens is 280 g/mol. The lowest BCUT2D eigenvalue weighted by Gasteiger charge is -2.08. The molecule has 0 saturated heterocycles. The van der Waals surface area contributed by atoms with Gasteiger partial charge < -0.3 is 4.57 Å². The van der Waals surface area contributed by atoms with E-state index >= 15 is 0 Å². The van der Waals surface area contributed by atoms with E-state index in [-0.39, 0.29) is 0 Å². The van der Waals surface area contributed by atoms with Gasteiger partial charge in [-0.1, -0.05) is 25.8 Å². The van der Waals surface area contributed by atoms with Crippen molar-refractivity contribution in [2.45, 2.75) is 39.3 Å². The lowest BCUT2D eigenvalue weighted by molar-refractivity contribution is 0.583. The summed E-state index contributed by atoms with van der Waals surface area (Å²) in [6, 6.07) is 0. The summed E-state index contributed by atoms with van der Waals surface area (Å²) in [6.07, 6.45) is 6.08. The molecule has 6 nitrogen and oxygen atoms in total. The molecule has 0 amide bonds. The van der Waals surface area contributed by atoms with E-state index in [2.05, 4.69) is 18.5 Å². The first-order chi connectivity index (χ1) is 9.61. The predicted molar refractivity (Wildman–Crippen MR) is 79.2 cm³/mol. The summed E-state index contributed by atoms with van der Waals surface area (Å²) in [7, 11) is 0. The summed E-state index contributed by atoms with van der Waals surface area (Å²) >= 11 is 5.81. The topological polar surface area (TPSA) is 61.8 Å². The van der Waals surface area contributed by atoms with Crippen LogP contribution in [-0.4, -0.2) is 18.2 Å². The average Bonchev–Trinajstić information content (AvgIpc) is 2.84. The van der Waals surface area contributed by atoms with Gasteiger partial charge in [-0.25, -0.2) is 9.78 Å². The number of rotatable bonds is 6. The quantitative estimate of drug-likeness (QED) is 0.602. The minimum absolute atomic E-state index is 0.330. The van der Waals surface area contributed by atoms with E-state index in [0.717, 1.165) is 19.3 Å². The lowest BCUT2D eigenvalue weighted by atomic mass is 10.2. The van der Waals surface area contributed by atoms with Crippen LogP contribution in [-0.2, 0) is 13.1 Å². The van der Waals surface area contributed by atoms with E-state index < -0.39 is 11.2 Å². The van der Waals surface area contributed by atoms with E-state index in [1.165, 1.54) is 10.9 Å². The summed E-state index contributed by atoms with van der Waals surface area (Å²) < 4.78 is 3.72. The number of hydrogen-bond donors (Lipinski definition) is 0. The number of aromatic nitrogens is 4. The lowest BCUT2D eigenvalue weighted by Crippen LogP contribution is -2.36. The van der Waals surface area contributed by atoms with Crippen LogP contribution >= 0.6 is 11.8 Å². The molecule has 0 aliphatic rings. The van der Waals surface area contributed by atoms with Crippen LogP contribution in [0.1, 0.15) is 26.2 Å². The van der Waals surface area contributed by atoms with E-state index in [0.29, 0.717) is 28.3 Å². The van der Waals surface area contributed by atoms with Gasteiger partial charge >= 0.3 is 5.69 Å². The summed E-state index contributed by atoms with van der Waals surface area (Å²) in [5.74, 6) is 0. The molecule has 2 aromatic heterocycles. The highest BCUT2D eigenvalue weighted by atomic mass is 35.5. The zero-order valence-corrected chi connectivity index (χ0v) is 12.1. The van der Waals surface area contributed by atoms with E-state index in [1.54, 1.807) is 10.6 Å². The standard InChI is InChI=1S/C13H17ClN4O2/c1-3-5-6-8-17-11-10(12(19)18(14)13(17)20)16(7-4-2)9-15-11/h4,9H,2-3,5-8H2,1H3. The van der Waals surface area contributed by atoms with Crippen LogP contribution in [0.25, 0.3) is 11.2 Å². The largest absolute Gasteiger partial charge is 0.347 e. The second-order valence-electron chi connectivity index (χ2n) is 4.59. The smallest absolute Gasteiger partial charge is 0.321 e. The maximum atomic E-state index is 12.1. The van der Waals surface area contributed by atoms with Gasteiger partial charge in [-0.3, -0.25) is 9.36 Å². The molecule has 2 aromatic rings. The second kappa shape index (κ2) is 6.09. The SMILES string of the molecule is C=CCn1cnc2c1c(=O)n(Cl)c(=O)n2CCCCC. The van der Waals surface area contributed by atoms with Crippen molar-refractivity contribution in [3.63, 3.8) is 0 Å². The number of halogens is 1. The number of allylic oxidation sites excluding steroid dienone is 1. The van der Waals surface area contributed by atoms with Crippen molar-refractivity contribution in [3.05, 3.63) is 39.8 Å². The maximum absolute atomic E-state index is 12.1. The van der Waals surface area contributed by atoms with Crippen molar-refractivity contribution >= 4 is 22.9 Å². The molecule has 108 valence electrons. The third-order valence-electron chi connectivity index (χ3n) is 3.16. The molecule has 0 fully saturated rings. The van der Waals surface area contributed by atoms with Gasteiger partial charge in [-0.2, -0.15) is 4.09 Å². The van der Waals surface area contributed by atoms with E-state index in [1.807, 2.05) is 0 Å². The molecule has 2 rings (SSSR count). The molecule has 20 heavy (non-hydrogen) atoms. The number of hydrogen-bond acceptors (Lipinski definition) is 3. The second-order valence-corrected chi connectivity index (χ2v) is 4.92. The van der Waals surface area contributed by atoms with Crippen molar-refractivity contribution in [2.75, 3.05) is 0 Å².